The Kier molecular flexibility index (Phi) is 2.02. The Labute approximate surface area is 71.9 Å². The minimum Gasteiger partial charge on any atom is -0.355 e. The van der Waals surface area contributed by atoms with Gasteiger partial charge in [-0.25, -0.2) is 0 Å². The Hall–Kier alpha value is -0.610. The van der Waals surface area contributed by atoms with Crippen LogP contribution in [0.4, 0.5) is 0 Å². The van der Waals surface area contributed by atoms with Crippen molar-refractivity contribution < 1.29 is 4.79 Å². The first kappa shape index (κ1) is 8.01. The van der Waals surface area contributed by atoms with Gasteiger partial charge >= 0.3 is 0 Å². The minimum absolute atomic E-state index is 0.187. The van der Waals surface area contributed by atoms with Gasteiger partial charge in [0.15, 0.2) is 0 Å². The van der Waals surface area contributed by atoms with Crippen molar-refractivity contribution in [2.45, 2.75) is 12.5 Å². The van der Waals surface area contributed by atoms with E-state index in [2.05, 4.69) is 10.6 Å². The van der Waals surface area contributed by atoms with Crippen molar-refractivity contribution in [1.29, 1.82) is 0 Å². The second-order valence-electron chi connectivity index (χ2n) is 3.62. The summed E-state index contributed by atoms with van der Waals surface area (Å²) in [7, 11) is 0. The maximum Gasteiger partial charge on any atom is 0.225 e. The number of nitrogens with two attached hydrogens (primary N) is 1. The Morgan fingerprint density at radius 1 is 1.67 bits per heavy atom. The van der Waals surface area contributed by atoms with Gasteiger partial charge in [-0.05, 0) is 18.9 Å². The van der Waals surface area contributed by atoms with Crippen molar-refractivity contribution in [3.8, 4) is 0 Å². The van der Waals surface area contributed by atoms with Crippen molar-refractivity contribution in [2.24, 2.45) is 17.6 Å². The summed E-state index contributed by atoms with van der Waals surface area (Å²) in [4.78, 5) is 11.4. The lowest BCUT2D eigenvalue weighted by Gasteiger charge is -2.32. The highest BCUT2D eigenvalue weighted by atomic mass is 16.2. The van der Waals surface area contributed by atoms with E-state index < -0.39 is 0 Å². The van der Waals surface area contributed by atoms with Crippen LogP contribution < -0.4 is 16.4 Å². The molecule has 1 amide bonds. The molecule has 1 saturated carbocycles. The monoisotopic (exact) mass is 169 g/mol. The van der Waals surface area contributed by atoms with Gasteiger partial charge < -0.3 is 16.4 Å². The van der Waals surface area contributed by atoms with Gasteiger partial charge in [0.1, 0.15) is 0 Å². The predicted molar refractivity (Wildman–Crippen MR) is 45.5 cm³/mol. The number of fused-ring (bicyclic) bond motifs is 1. The van der Waals surface area contributed by atoms with Gasteiger partial charge in [-0.3, -0.25) is 4.79 Å². The molecule has 4 N–H and O–H groups in total. The molecule has 3 aliphatic rings. The molecular weight excluding hydrogens is 154 g/mol. The molecule has 0 aromatic carbocycles. The first-order chi connectivity index (χ1) is 5.83. The molecule has 0 aromatic heterocycles. The van der Waals surface area contributed by atoms with Crippen LogP contribution in [-0.2, 0) is 4.79 Å². The minimum atomic E-state index is 0.187. The van der Waals surface area contributed by atoms with Crippen LogP contribution in [0.1, 0.15) is 6.42 Å². The van der Waals surface area contributed by atoms with E-state index in [0.717, 1.165) is 6.54 Å². The Bertz CT molecular complexity index is 181. The molecule has 3 unspecified atom stereocenters. The Morgan fingerprint density at radius 2 is 2.50 bits per heavy atom. The largest absolute Gasteiger partial charge is 0.355 e. The molecule has 3 fully saturated rings. The molecule has 2 heterocycles. The van der Waals surface area contributed by atoms with E-state index in [4.69, 9.17) is 5.73 Å². The zero-order valence-electron chi connectivity index (χ0n) is 7.05. The summed E-state index contributed by atoms with van der Waals surface area (Å²) in [6, 6.07) is 0.452. The standard InChI is InChI=1S/C8H15N3O/c9-1-2-10-8(12)7-5-3-6(7)11-4-5/h5-7,11H,1-4,9H2,(H,10,12). The fourth-order valence-corrected chi connectivity index (χ4v) is 2.19. The number of carbonyl (C=O) groups is 1. The van der Waals surface area contributed by atoms with Crippen molar-refractivity contribution in [3.05, 3.63) is 0 Å². The molecule has 4 nitrogen and oxygen atoms in total. The summed E-state index contributed by atoms with van der Waals surface area (Å²) in [6.07, 6.45) is 1.18. The molecule has 3 rings (SSSR count). The third kappa shape index (κ3) is 1.11. The SMILES string of the molecule is NCCNC(=O)C1C2CNC1C2. The van der Waals surface area contributed by atoms with Crippen molar-refractivity contribution in [1.82, 2.24) is 10.6 Å². The molecule has 3 atom stereocenters. The molecule has 68 valence electrons. The molecule has 1 aliphatic carbocycles. The van der Waals surface area contributed by atoms with Crippen LogP contribution in [0.15, 0.2) is 0 Å². The van der Waals surface area contributed by atoms with Crippen molar-refractivity contribution in [2.75, 3.05) is 19.6 Å². The maximum absolute atomic E-state index is 11.4. The van der Waals surface area contributed by atoms with E-state index >= 15 is 0 Å². The third-order valence-electron chi connectivity index (χ3n) is 2.89. The lowest BCUT2D eigenvalue weighted by atomic mass is 9.73. The summed E-state index contributed by atoms with van der Waals surface area (Å²) in [5, 5.41) is 6.14. The molecule has 2 saturated heterocycles. The summed E-state index contributed by atoms with van der Waals surface area (Å²) in [5.41, 5.74) is 5.29. The quantitative estimate of drug-likeness (QED) is 0.490. The zero-order chi connectivity index (χ0) is 8.55. The maximum atomic E-state index is 11.4. The Balaban J connectivity index is 1.81. The first-order valence-electron chi connectivity index (χ1n) is 4.54. The van der Waals surface area contributed by atoms with Gasteiger partial charge in [0, 0.05) is 19.1 Å². The van der Waals surface area contributed by atoms with E-state index in [0.29, 0.717) is 25.0 Å². The molecule has 0 spiro atoms. The van der Waals surface area contributed by atoms with Gasteiger partial charge in [-0.1, -0.05) is 0 Å². The fraction of sp³-hybridized carbons (Fsp3) is 0.875. The molecule has 0 aromatic rings. The average Bonchev–Trinajstić information content (AvgIpc) is 2.60. The van der Waals surface area contributed by atoms with Crippen molar-refractivity contribution >= 4 is 5.91 Å². The lowest BCUT2D eigenvalue weighted by Crippen LogP contribution is -2.48. The molecule has 2 aliphatic heterocycles. The predicted octanol–water partition coefficient (Wildman–Crippen LogP) is -1.33. The highest BCUT2D eigenvalue weighted by molar-refractivity contribution is 5.81. The lowest BCUT2D eigenvalue weighted by molar-refractivity contribution is -0.129. The summed E-state index contributed by atoms with van der Waals surface area (Å²) >= 11 is 0. The number of rotatable bonds is 3. The summed E-state index contributed by atoms with van der Waals surface area (Å²) < 4.78 is 0. The second kappa shape index (κ2) is 3.03. The number of carbonyl (C=O) groups excluding carboxylic acids is 1. The normalized spacial score (nSPS) is 37.6. The smallest absolute Gasteiger partial charge is 0.225 e. The van der Waals surface area contributed by atoms with Crippen LogP contribution in [-0.4, -0.2) is 31.6 Å². The number of amides is 1. The molecule has 4 heteroatoms. The van der Waals surface area contributed by atoms with Gasteiger partial charge in [0.25, 0.3) is 0 Å². The van der Waals surface area contributed by atoms with Crippen LogP contribution in [0.25, 0.3) is 0 Å². The number of hydrogen-bond acceptors (Lipinski definition) is 3. The van der Waals surface area contributed by atoms with Crippen LogP contribution in [0.5, 0.6) is 0 Å². The molecule has 2 bridgehead atoms. The number of hydrogen-bond donors (Lipinski definition) is 3. The summed E-state index contributed by atoms with van der Waals surface area (Å²) in [6.45, 7) is 2.15. The van der Waals surface area contributed by atoms with Crippen LogP contribution in [0.2, 0.25) is 0 Å². The highest BCUT2D eigenvalue weighted by Crippen LogP contribution is 2.39. The number of nitrogens with one attached hydrogen (secondary N) is 2. The van der Waals surface area contributed by atoms with Crippen molar-refractivity contribution in [3.63, 3.8) is 0 Å². The van der Waals surface area contributed by atoms with E-state index in [-0.39, 0.29) is 11.8 Å². The van der Waals surface area contributed by atoms with E-state index in [1.807, 2.05) is 0 Å². The van der Waals surface area contributed by atoms with Gasteiger partial charge in [0.2, 0.25) is 5.91 Å². The van der Waals surface area contributed by atoms with Crippen LogP contribution >= 0.6 is 0 Å². The van der Waals surface area contributed by atoms with Crippen LogP contribution in [0.3, 0.4) is 0 Å². The van der Waals surface area contributed by atoms with Gasteiger partial charge in [-0.2, -0.15) is 0 Å². The second-order valence-corrected chi connectivity index (χ2v) is 3.62. The summed E-state index contributed by atoms with van der Waals surface area (Å²) in [5.74, 6) is 1.01. The first-order valence-corrected chi connectivity index (χ1v) is 4.54. The van der Waals surface area contributed by atoms with E-state index in [9.17, 15) is 4.79 Å². The average molecular weight is 169 g/mol. The fourth-order valence-electron chi connectivity index (χ4n) is 2.19. The van der Waals surface area contributed by atoms with Gasteiger partial charge in [-0.15, -0.1) is 0 Å². The Morgan fingerprint density at radius 3 is 3.00 bits per heavy atom. The highest BCUT2D eigenvalue weighted by Gasteiger charge is 2.50. The zero-order valence-corrected chi connectivity index (χ0v) is 7.05. The molecular formula is C8H15N3O. The van der Waals surface area contributed by atoms with E-state index in [1.165, 1.54) is 6.42 Å². The van der Waals surface area contributed by atoms with Crippen LogP contribution in [0, 0.1) is 11.8 Å². The van der Waals surface area contributed by atoms with Gasteiger partial charge in [0.05, 0.1) is 5.92 Å². The topological polar surface area (TPSA) is 67.1 Å². The molecule has 12 heavy (non-hydrogen) atoms. The third-order valence-corrected chi connectivity index (χ3v) is 2.89. The van der Waals surface area contributed by atoms with E-state index in [1.54, 1.807) is 0 Å². The molecule has 0 radical (unpaired) electrons.